The van der Waals surface area contributed by atoms with Crippen LogP contribution in [0.5, 0.6) is 0 Å². The molecule has 3 aromatic heterocycles. The van der Waals surface area contributed by atoms with Gasteiger partial charge >= 0.3 is 0 Å². The van der Waals surface area contributed by atoms with E-state index in [1.807, 2.05) is 18.3 Å². The number of carbonyl (C=O) groups excluding carboxylic acids is 1. The van der Waals surface area contributed by atoms with Gasteiger partial charge in [0.25, 0.3) is 5.91 Å². The number of piperazine rings is 1. The summed E-state index contributed by atoms with van der Waals surface area (Å²) in [5, 5.41) is 10.6. The maximum Gasteiger partial charge on any atom is 0.268 e. The van der Waals surface area contributed by atoms with Gasteiger partial charge in [-0.3, -0.25) is 4.79 Å². The summed E-state index contributed by atoms with van der Waals surface area (Å²) < 4.78 is 2.19. The molecule has 0 atom stereocenters. The van der Waals surface area contributed by atoms with E-state index in [1.54, 1.807) is 6.20 Å². The fraction of sp³-hybridized carbons (Fsp3) is 0.478. The molecule has 5 heterocycles. The molecule has 1 aliphatic carbocycles. The molecule has 6 rings (SSSR count). The van der Waals surface area contributed by atoms with E-state index in [1.165, 1.54) is 19.3 Å². The Kier molecular flexibility index (Phi) is 4.71. The molecule has 166 valence electrons. The molecular formula is C23H28N8O. The van der Waals surface area contributed by atoms with E-state index in [9.17, 15) is 4.79 Å². The van der Waals surface area contributed by atoms with Crippen molar-refractivity contribution in [1.29, 1.82) is 0 Å². The lowest BCUT2D eigenvalue weighted by atomic mass is 9.80. The van der Waals surface area contributed by atoms with E-state index in [0.717, 1.165) is 55.7 Å². The minimum absolute atomic E-state index is 0.0288. The Labute approximate surface area is 186 Å². The third kappa shape index (κ3) is 3.28. The molecule has 1 spiro atoms. The summed E-state index contributed by atoms with van der Waals surface area (Å²) in [5.41, 5.74) is 2.56. The number of rotatable bonds is 3. The van der Waals surface area contributed by atoms with Crippen molar-refractivity contribution in [2.24, 2.45) is 0 Å². The minimum Gasteiger partial charge on any atom is -0.368 e. The van der Waals surface area contributed by atoms with Crippen molar-refractivity contribution >= 4 is 34.4 Å². The van der Waals surface area contributed by atoms with Crippen LogP contribution in [0.3, 0.4) is 0 Å². The quantitative estimate of drug-likeness (QED) is 0.584. The van der Waals surface area contributed by atoms with E-state index in [-0.39, 0.29) is 11.4 Å². The van der Waals surface area contributed by atoms with Crippen molar-refractivity contribution in [2.45, 2.75) is 37.6 Å². The van der Waals surface area contributed by atoms with Gasteiger partial charge < -0.3 is 25.4 Å². The van der Waals surface area contributed by atoms with Gasteiger partial charge in [0.05, 0.1) is 17.4 Å². The first-order valence-corrected chi connectivity index (χ1v) is 11.6. The van der Waals surface area contributed by atoms with E-state index in [2.05, 4.69) is 41.5 Å². The Balaban J connectivity index is 1.31. The van der Waals surface area contributed by atoms with E-state index in [4.69, 9.17) is 4.98 Å². The Morgan fingerprint density at radius 2 is 1.88 bits per heavy atom. The first-order valence-electron chi connectivity index (χ1n) is 11.6. The highest BCUT2D eigenvalue weighted by molar-refractivity contribution is 5.99. The van der Waals surface area contributed by atoms with Crippen molar-refractivity contribution in [3.63, 3.8) is 0 Å². The lowest BCUT2D eigenvalue weighted by molar-refractivity contribution is 0.0833. The third-order valence-electron chi connectivity index (χ3n) is 7.08. The molecule has 9 nitrogen and oxygen atoms in total. The summed E-state index contributed by atoms with van der Waals surface area (Å²) in [6, 6.07) is 5.97. The standard InChI is InChI=1S/C23H28N8O/c32-21-18-12-16-13-26-22(28-19-5-4-17(14-25-19)30-10-8-24-9-11-30)29-20(16)31(18)23(15-27-21)6-2-1-3-7-23/h4-5,12-14,24H,1-3,6-11,15H2,(H,27,32)(H,25,26,28,29). The molecule has 9 heteroatoms. The fourth-order valence-corrected chi connectivity index (χ4v) is 5.41. The van der Waals surface area contributed by atoms with Gasteiger partial charge in [-0.2, -0.15) is 4.98 Å². The molecule has 0 aromatic carbocycles. The topological polar surface area (TPSA) is 100 Å². The van der Waals surface area contributed by atoms with Gasteiger partial charge in [0.2, 0.25) is 5.95 Å². The monoisotopic (exact) mass is 432 g/mol. The maximum atomic E-state index is 12.6. The van der Waals surface area contributed by atoms with Crippen molar-refractivity contribution in [1.82, 2.24) is 30.2 Å². The van der Waals surface area contributed by atoms with Gasteiger partial charge in [0.15, 0.2) is 0 Å². The van der Waals surface area contributed by atoms with Gasteiger partial charge in [-0.1, -0.05) is 19.3 Å². The molecule has 0 unspecified atom stereocenters. The van der Waals surface area contributed by atoms with Crippen LogP contribution in [-0.4, -0.2) is 58.1 Å². The zero-order chi connectivity index (χ0) is 21.5. The Bertz CT molecular complexity index is 1140. The lowest BCUT2D eigenvalue weighted by Crippen LogP contribution is -2.52. The molecule has 0 bridgehead atoms. The van der Waals surface area contributed by atoms with Crippen molar-refractivity contribution in [3.8, 4) is 0 Å². The van der Waals surface area contributed by atoms with Crippen LogP contribution in [0, 0.1) is 0 Å². The molecule has 3 N–H and O–H groups in total. The number of hydrogen-bond acceptors (Lipinski definition) is 7. The summed E-state index contributed by atoms with van der Waals surface area (Å²) in [4.78, 5) is 28.8. The van der Waals surface area contributed by atoms with Gasteiger partial charge in [0.1, 0.15) is 17.2 Å². The smallest absolute Gasteiger partial charge is 0.268 e. The minimum atomic E-state index is -0.0853. The SMILES string of the molecule is O=C1NCC2(CCCCC2)n2c1cc1cnc(Nc3ccc(N4CCNCC4)cn3)nc12. The Hall–Kier alpha value is -3.20. The second-order valence-electron chi connectivity index (χ2n) is 9.07. The second-order valence-corrected chi connectivity index (χ2v) is 9.07. The summed E-state index contributed by atoms with van der Waals surface area (Å²) in [5.74, 6) is 1.18. The molecule has 1 saturated heterocycles. The highest BCUT2D eigenvalue weighted by atomic mass is 16.2. The Morgan fingerprint density at radius 1 is 1.03 bits per heavy atom. The Morgan fingerprint density at radius 3 is 2.66 bits per heavy atom. The fourth-order valence-electron chi connectivity index (χ4n) is 5.41. The normalized spacial score (nSPS) is 20.2. The highest BCUT2D eigenvalue weighted by Gasteiger charge is 2.41. The predicted molar refractivity (Wildman–Crippen MR) is 124 cm³/mol. The summed E-state index contributed by atoms with van der Waals surface area (Å²) in [6.07, 6.45) is 9.42. The molecule has 2 fully saturated rings. The van der Waals surface area contributed by atoms with Crippen LogP contribution in [-0.2, 0) is 5.54 Å². The molecule has 0 radical (unpaired) electrons. The number of aromatic nitrogens is 4. The van der Waals surface area contributed by atoms with Crippen LogP contribution in [0.15, 0.2) is 30.6 Å². The van der Waals surface area contributed by atoms with E-state index < -0.39 is 0 Å². The van der Waals surface area contributed by atoms with Crippen LogP contribution in [0.25, 0.3) is 11.0 Å². The zero-order valence-corrected chi connectivity index (χ0v) is 18.1. The number of nitrogens with one attached hydrogen (secondary N) is 3. The first-order chi connectivity index (χ1) is 15.7. The van der Waals surface area contributed by atoms with Crippen molar-refractivity contribution in [3.05, 3.63) is 36.3 Å². The van der Waals surface area contributed by atoms with E-state index >= 15 is 0 Å². The zero-order valence-electron chi connectivity index (χ0n) is 18.1. The molecule has 1 amide bonds. The molecule has 1 saturated carbocycles. The van der Waals surface area contributed by atoms with Crippen LogP contribution in [0.2, 0.25) is 0 Å². The largest absolute Gasteiger partial charge is 0.368 e. The number of hydrogen-bond donors (Lipinski definition) is 3. The van der Waals surface area contributed by atoms with Gasteiger partial charge in [-0.25, -0.2) is 9.97 Å². The number of carbonyl (C=O) groups is 1. The number of nitrogens with zero attached hydrogens (tertiary/aromatic N) is 5. The van der Waals surface area contributed by atoms with Crippen LogP contribution in [0.1, 0.15) is 42.6 Å². The molecule has 2 aliphatic heterocycles. The third-order valence-corrected chi connectivity index (χ3v) is 7.08. The van der Waals surface area contributed by atoms with Crippen LogP contribution >= 0.6 is 0 Å². The number of fused-ring (bicyclic) bond motifs is 4. The second kappa shape index (κ2) is 7.74. The summed E-state index contributed by atoms with van der Waals surface area (Å²) in [6.45, 7) is 4.64. The number of pyridine rings is 1. The summed E-state index contributed by atoms with van der Waals surface area (Å²) >= 11 is 0. The molecule has 3 aliphatic rings. The van der Waals surface area contributed by atoms with Crippen molar-refractivity contribution < 1.29 is 4.79 Å². The van der Waals surface area contributed by atoms with Gasteiger partial charge in [-0.05, 0) is 31.0 Å². The first kappa shape index (κ1) is 19.5. The predicted octanol–water partition coefficient (Wildman–Crippen LogP) is 2.38. The van der Waals surface area contributed by atoms with Crippen LogP contribution < -0.4 is 20.9 Å². The van der Waals surface area contributed by atoms with Gasteiger partial charge in [-0.15, -0.1) is 0 Å². The molecule has 32 heavy (non-hydrogen) atoms. The average Bonchev–Trinajstić information content (AvgIpc) is 3.24. The van der Waals surface area contributed by atoms with Gasteiger partial charge in [0, 0.05) is 44.3 Å². The molecular weight excluding hydrogens is 404 g/mol. The maximum absolute atomic E-state index is 12.6. The average molecular weight is 433 g/mol. The molecule has 3 aromatic rings. The number of amides is 1. The number of anilines is 3. The van der Waals surface area contributed by atoms with E-state index in [0.29, 0.717) is 24.0 Å². The van der Waals surface area contributed by atoms with Crippen molar-refractivity contribution in [2.75, 3.05) is 42.9 Å². The summed E-state index contributed by atoms with van der Waals surface area (Å²) in [7, 11) is 0. The van der Waals surface area contributed by atoms with Crippen LogP contribution in [0.4, 0.5) is 17.5 Å². The highest BCUT2D eigenvalue weighted by Crippen LogP contribution is 2.40. The lowest BCUT2D eigenvalue weighted by Gasteiger charge is -2.42.